The number of hydrogen-bond donors (Lipinski definition) is 1. The minimum atomic E-state index is -0.510. The number of amides is 1. The second-order valence-corrected chi connectivity index (χ2v) is 4.96. The van der Waals surface area contributed by atoms with Crippen LogP contribution in [-0.4, -0.2) is 23.5 Å². The first-order valence-electron chi connectivity index (χ1n) is 5.69. The number of terminal acetylenes is 1. The average Bonchev–Trinajstić information content (AvgIpc) is 2.12. The number of esters is 1. The van der Waals surface area contributed by atoms with Crippen LogP contribution >= 0.6 is 0 Å². The smallest absolute Gasteiger partial charge is 0.306 e. The van der Waals surface area contributed by atoms with E-state index in [1.807, 2.05) is 6.92 Å². The summed E-state index contributed by atoms with van der Waals surface area (Å²) >= 11 is 0. The Hall–Kier alpha value is -1.50. The van der Waals surface area contributed by atoms with E-state index in [0.29, 0.717) is 6.42 Å². The Morgan fingerprint density at radius 1 is 1.35 bits per heavy atom. The summed E-state index contributed by atoms with van der Waals surface area (Å²) in [6.07, 6.45) is 5.82. The lowest BCUT2D eigenvalue weighted by molar-refractivity contribution is -0.155. The molecule has 0 heterocycles. The van der Waals surface area contributed by atoms with E-state index in [-0.39, 0.29) is 30.8 Å². The predicted octanol–water partition coefficient (Wildman–Crippen LogP) is 1.64. The third-order valence-electron chi connectivity index (χ3n) is 1.81. The number of rotatable bonds is 5. The van der Waals surface area contributed by atoms with E-state index in [9.17, 15) is 9.59 Å². The van der Waals surface area contributed by atoms with Gasteiger partial charge in [0.2, 0.25) is 5.91 Å². The van der Waals surface area contributed by atoms with Crippen molar-refractivity contribution in [3.8, 4) is 12.3 Å². The van der Waals surface area contributed by atoms with Crippen LogP contribution in [0.1, 0.15) is 47.0 Å². The van der Waals surface area contributed by atoms with Gasteiger partial charge in [-0.2, -0.15) is 0 Å². The minimum Gasteiger partial charge on any atom is -0.460 e. The largest absolute Gasteiger partial charge is 0.460 e. The van der Waals surface area contributed by atoms with E-state index in [4.69, 9.17) is 11.2 Å². The molecule has 1 amide bonds. The quantitative estimate of drug-likeness (QED) is 0.586. The molecule has 4 heteroatoms. The van der Waals surface area contributed by atoms with Gasteiger partial charge in [0.15, 0.2) is 0 Å². The monoisotopic (exact) mass is 239 g/mol. The number of nitrogens with one attached hydrogen (secondary N) is 1. The van der Waals surface area contributed by atoms with Crippen LogP contribution in [0.4, 0.5) is 0 Å². The number of ether oxygens (including phenoxy) is 1. The Kier molecular flexibility index (Phi) is 6.34. The molecule has 0 aromatic rings. The Morgan fingerprint density at radius 3 is 2.41 bits per heavy atom. The molecule has 0 aliphatic heterocycles. The summed E-state index contributed by atoms with van der Waals surface area (Å²) in [5.41, 5.74) is -0.510. The van der Waals surface area contributed by atoms with Gasteiger partial charge >= 0.3 is 5.97 Å². The Balaban J connectivity index is 3.85. The van der Waals surface area contributed by atoms with Crippen LogP contribution in [0.25, 0.3) is 0 Å². The molecule has 17 heavy (non-hydrogen) atoms. The maximum atomic E-state index is 11.4. The minimum absolute atomic E-state index is 0.0638. The first-order valence-corrected chi connectivity index (χ1v) is 5.69. The first-order chi connectivity index (χ1) is 7.74. The fraction of sp³-hybridized carbons (Fsp3) is 0.692. The lowest BCUT2D eigenvalue weighted by atomic mass is 10.2. The highest BCUT2D eigenvalue weighted by atomic mass is 16.6. The summed E-state index contributed by atoms with van der Waals surface area (Å²) in [6, 6.07) is -0.0638. The van der Waals surface area contributed by atoms with Crippen LogP contribution in [-0.2, 0) is 14.3 Å². The van der Waals surface area contributed by atoms with Crippen molar-refractivity contribution in [1.82, 2.24) is 5.32 Å². The molecule has 4 nitrogen and oxygen atoms in total. The van der Waals surface area contributed by atoms with Crippen molar-refractivity contribution >= 4 is 11.9 Å². The van der Waals surface area contributed by atoms with Gasteiger partial charge in [-0.1, -0.05) is 0 Å². The van der Waals surface area contributed by atoms with E-state index in [2.05, 4.69) is 11.2 Å². The van der Waals surface area contributed by atoms with Crippen LogP contribution in [0.3, 0.4) is 0 Å². The molecule has 0 aromatic carbocycles. The van der Waals surface area contributed by atoms with Gasteiger partial charge in [0.25, 0.3) is 0 Å². The molecule has 0 spiro atoms. The van der Waals surface area contributed by atoms with Gasteiger partial charge in [0.05, 0.1) is 6.42 Å². The van der Waals surface area contributed by atoms with Crippen LogP contribution in [0.15, 0.2) is 0 Å². The van der Waals surface area contributed by atoms with E-state index >= 15 is 0 Å². The third-order valence-corrected chi connectivity index (χ3v) is 1.81. The van der Waals surface area contributed by atoms with Gasteiger partial charge in [-0.25, -0.2) is 0 Å². The zero-order valence-electron chi connectivity index (χ0n) is 11.0. The molecule has 0 aliphatic rings. The molecule has 0 saturated carbocycles. The number of carbonyl (C=O) groups is 2. The molecule has 0 saturated heterocycles. The van der Waals surface area contributed by atoms with Crippen molar-refractivity contribution in [3.63, 3.8) is 0 Å². The molecule has 0 aromatic heterocycles. The van der Waals surface area contributed by atoms with Gasteiger partial charge in [-0.05, 0) is 27.7 Å². The van der Waals surface area contributed by atoms with Crippen molar-refractivity contribution in [1.29, 1.82) is 0 Å². The first kappa shape index (κ1) is 15.5. The van der Waals surface area contributed by atoms with Crippen LogP contribution in [0.2, 0.25) is 0 Å². The van der Waals surface area contributed by atoms with Crippen LogP contribution in [0, 0.1) is 12.3 Å². The summed E-state index contributed by atoms with van der Waals surface area (Å²) in [4.78, 5) is 22.8. The van der Waals surface area contributed by atoms with Crippen molar-refractivity contribution in [2.24, 2.45) is 0 Å². The van der Waals surface area contributed by atoms with Gasteiger partial charge in [0, 0.05) is 18.9 Å². The molecule has 0 aliphatic carbocycles. The van der Waals surface area contributed by atoms with Crippen molar-refractivity contribution < 1.29 is 14.3 Å². The molecule has 0 fully saturated rings. The molecular weight excluding hydrogens is 218 g/mol. The second-order valence-electron chi connectivity index (χ2n) is 4.96. The number of hydrogen-bond acceptors (Lipinski definition) is 3. The molecule has 1 unspecified atom stereocenters. The molecule has 0 radical (unpaired) electrons. The van der Waals surface area contributed by atoms with Gasteiger partial charge in [-0.3, -0.25) is 9.59 Å². The summed E-state index contributed by atoms with van der Waals surface area (Å²) < 4.78 is 5.09. The SMILES string of the molecule is C#CCC(C)NC(=O)CCC(=O)OC(C)(C)C. The van der Waals surface area contributed by atoms with Crippen molar-refractivity contribution in [2.75, 3.05) is 0 Å². The molecule has 0 rings (SSSR count). The summed E-state index contributed by atoms with van der Waals surface area (Å²) in [6.45, 7) is 7.20. The summed E-state index contributed by atoms with van der Waals surface area (Å²) in [7, 11) is 0. The molecule has 1 atom stereocenters. The molecular formula is C13H21NO3. The molecule has 1 N–H and O–H groups in total. The summed E-state index contributed by atoms with van der Waals surface area (Å²) in [5.74, 6) is 1.92. The maximum absolute atomic E-state index is 11.4. The van der Waals surface area contributed by atoms with E-state index in [1.165, 1.54) is 0 Å². The molecule has 0 bridgehead atoms. The van der Waals surface area contributed by atoms with Gasteiger partial charge < -0.3 is 10.1 Å². The average molecular weight is 239 g/mol. The fourth-order valence-corrected chi connectivity index (χ4v) is 1.18. The van der Waals surface area contributed by atoms with Crippen LogP contribution in [0.5, 0.6) is 0 Å². The maximum Gasteiger partial charge on any atom is 0.306 e. The topological polar surface area (TPSA) is 55.4 Å². The van der Waals surface area contributed by atoms with Gasteiger partial charge in [-0.15, -0.1) is 12.3 Å². The highest BCUT2D eigenvalue weighted by Gasteiger charge is 2.17. The zero-order chi connectivity index (χ0) is 13.5. The molecule has 96 valence electrons. The Bertz CT molecular complexity index is 310. The highest BCUT2D eigenvalue weighted by Crippen LogP contribution is 2.09. The standard InChI is InChI=1S/C13H21NO3/c1-6-7-10(2)14-11(15)8-9-12(16)17-13(3,4)5/h1,10H,7-9H2,2-5H3,(H,14,15). The lowest BCUT2D eigenvalue weighted by Crippen LogP contribution is -2.33. The summed E-state index contributed by atoms with van der Waals surface area (Å²) in [5, 5.41) is 2.71. The van der Waals surface area contributed by atoms with Crippen LogP contribution < -0.4 is 5.32 Å². The van der Waals surface area contributed by atoms with Crippen molar-refractivity contribution in [3.05, 3.63) is 0 Å². The zero-order valence-corrected chi connectivity index (χ0v) is 11.0. The van der Waals surface area contributed by atoms with Crippen molar-refractivity contribution in [2.45, 2.75) is 58.6 Å². The fourth-order valence-electron chi connectivity index (χ4n) is 1.18. The highest BCUT2D eigenvalue weighted by molar-refractivity contribution is 5.81. The van der Waals surface area contributed by atoms with E-state index < -0.39 is 5.60 Å². The van der Waals surface area contributed by atoms with E-state index in [1.54, 1.807) is 20.8 Å². The van der Waals surface area contributed by atoms with E-state index in [0.717, 1.165) is 0 Å². The van der Waals surface area contributed by atoms with Gasteiger partial charge in [0.1, 0.15) is 5.60 Å². The lowest BCUT2D eigenvalue weighted by Gasteiger charge is -2.19. The Labute approximate surface area is 103 Å². The third kappa shape index (κ3) is 9.43. The predicted molar refractivity (Wildman–Crippen MR) is 66.1 cm³/mol. The normalized spacial score (nSPS) is 12.4. The Morgan fingerprint density at radius 2 is 1.94 bits per heavy atom. The number of carbonyl (C=O) groups excluding carboxylic acids is 2. The second kappa shape index (κ2) is 6.95.